The maximum absolute atomic E-state index is 12.8. The summed E-state index contributed by atoms with van der Waals surface area (Å²) < 4.78 is 4.48. The first-order valence-corrected chi connectivity index (χ1v) is 8.37. The molecule has 2 unspecified atom stereocenters. The number of benzene rings is 1. The Kier molecular flexibility index (Phi) is 3.11. The summed E-state index contributed by atoms with van der Waals surface area (Å²) in [5.74, 6) is -0.550. The molecule has 1 saturated heterocycles. The molecule has 112 valence electrons. The Bertz CT molecular complexity index is 753. The number of nitrogens with zero attached hydrogens (tertiary/aromatic N) is 2. The van der Waals surface area contributed by atoms with Gasteiger partial charge in [-0.25, -0.2) is 0 Å². The van der Waals surface area contributed by atoms with E-state index in [-0.39, 0.29) is 23.7 Å². The van der Waals surface area contributed by atoms with E-state index in [2.05, 4.69) is 11.3 Å². The average Bonchev–Trinajstić information content (AvgIpc) is 3.06. The molecule has 1 aromatic carbocycles. The fourth-order valence-corrected chi connectivity index (χ4v) is 4.57. The van der Waals surface area contributed by atoms with E-state index in [9.17, 15) is 9.59 Å². The van der Waals surface area contributed by atoms with Crippen molar-refractivity contribution in [1.29, 1.82) is 0 Å². The molecule has 5 heteroatoms. The van der Waals surface area contributed by atoms with Gasteiger partial charge in [-0.05, 0) is 48.5 Å². The Balaban J connectivity index is 1.71. The third-order valence-electron chi connectivity index (χ3n) is 4.69. The van der Waals surface area contributed by atoms with Crippen molar-refractivity contribution in [3.63, 3.8) is 0 Å². The average molecular weight is 312 g/mol. The summed E-state index contributed by atoms with van der Waals surface area (Å²) in [5, 5.41) is 0. The second kappa shape index (κ2) is 5.02. The molecule has 4 nitrogen and oxygen atoms in total. The Morgan fingerprint density at radius 1 is 1.14 bits per heavy atom. The van der Waals surface area contributed by atoms with Crippen molar-refractivity contribution >= 4 is 29.0 Å². The highest BCUT2D eigenvalue weighted by molar-refractivity contribution is 7.06. The van der Waals surface area contributed by atoms with Crippen LogP contribution in [0.2, 0.25) is 0 Å². The Morgan fingerprint density at radius 3 is 2.50 bits per heavy atom. The normalized spacial score (nSPS) is 23.6. The van der Waals surface area contributed by atoms with Gasteiger partial charge in [-0.15, -0.1) is 0 Å². The van der Waals surface area contributed by atoms with Crippen LogP contribution < -0.4 is 4.90 Å². The predicted molar refractivity (Wildman–Crippen MR) is 84.8 cm³/mol. The molecule has 0 saturated carbocycles. The van der Waals surface area contributed by atoms with Crippen LogP contribution in [-0.4, -0.2) is 16.2 Å². The minimum absolute atomic E-state index is 0.0555. The lowest BCUT2D eigenvalue weighted by molar-refractivity contribution is -0.122. The van der Waals surface area contributed by atoms with E-state index in [1.54, 1.807) is 0 Å². The molecule has 2 atom stereocenters. The van der Waals surface area contributed by atoms with Crippen molar-refractivity contribution in [2.24, 2.45) is 11.8 Å². The first-order valence-electron chi connectivity index (χ1n) is 7.60. The molecule has 1 fully saturated rings. The van der Waals surface area contributed by atoms with Crippen LogP contribution in [-0.2, 0) is 28.9 Å². The second-order valence-corrected chi connectivity index (χ2v) is 6.71. The van der Waals surface area contributed by atoms with Gasteiger partial charge in [0.15, 0.2) is 0 Å². The minimum Gasteiger partial charge on any atom is -0.274 e. The molecule has 0 bridgehead atoms. The van der Waals surface area contributed by atoms with Crippen LogP contribution in [0.1, 0.15) is 23.1 Å². The number of hydrogen-bond donors (Lipinski definition) is 0. The van der Waals surface area contributed by atoms with E-state index in [0.717, 1.165) is 12.1 Å². The quantitative estimate of drug-likeness (QED) is 0.801. The zero-order valence-corrected chi connectivity index (χ0v) is 13.1. The molecule has 1 aliphatic carbocycles. The molecule has 1 aromatic heterocycles. The van der Waals surface area contributed by atoms with Crippen LogP contribution in [0.15, 0.2) is 30.3 Å². The highest BCUT2D eigenvalue weighted by Crippen LogP contribution is 2.41. The van der Waals surface area contributed by atoms with Gasteiger partial charge in [0.25, 0.3) is 0 Å². The number of aromatic nitrogens is 1. The van der Waals surface area contributed by atoms with Crippen molar-refractivity contribution in [1.82, 2.24) is 4.37 Å². The third kappa shape index (κ3) is 1.85. The molecule has 2 aromatic rings. The Labute approximate surface area is 132 Å². The molecule has 2 heterocycles. The van der Waals surface area contributed by atoms with Gasteiger partial charge < -0.3 is 0 Å². The maximum Gasteiger partial charge on any atom is 0.238 e. The van der Waals surface area contributed by atoms with Crippen molar-refractivity contribution < 1.29 is 9.59 Å². The molecule has 0 N–H and O–H groups in total. The Morgan fingerprint density at radius 2 is 1.82 bits per heavy atom. The highest BCUT2D eigenvalue weighted by atomic mass is 32.1. The van der Waals surface area contributed by atoms with Crippen molar-refractivity contribution in [3.05, 3.63) is 46.5 Å². The standard InChI is InChI=1S/C17H16N2O2S/c1-2-14-13-8-11-12(9-15(13)22-18-14)17(21)19(16(11)20)10-6-4-3-5-7-10/h3-7,11-12H,2,8-9H2,1H3. The lowest BCUT2D eigenvalue weighted by Crippen LogP contribution is -2.31. The molecule has 2 aliphatic rings. The van der Waals surface area contributed by atoms with Crippen LogP contribution in [0.4, 0.5) is 5.69 Å². The smallest absolute Gasteiger partial charge is 0.238 e. The minimum atomic E-state index is -0.220. The van der Waals surface area contributed by atoms with Gasteiger partial charge >= 0.3 is 0 Å². The molecular formula is C17H16N2O2S. The highest BCUT2D eigenvalue weighted by Gasteiger charge is 2.50. The van der Waals surface area contributed by atoms with E-state index in [1.165, 1.54) is 26.9 Å². The van der Waals surface area contributed by atoms with Crippen LogP contribution in [0.5, 0.6) is 0 Å². The molecule has 1 aliphatic heterocycles. The summed E-state index contributed by atoms with van der Waals surface area (Å²) in [6.45, 7) is 2.08. The third-order valence-corrected chi connectivity index (χ3v) is 5.64. The Hall–Kier alpha value is -2.01. The van der Waals surface area contributed by atoms with E-state index in [4.69, 9.17) is 0 Å². The maximum atomic E-state index is 12.8. The van der Waals surface area contributed by atoms with Crippen molar-refractivity contribution in [2.75, 3.05) is 4.90 Å². The predicted octanol–water partition coefficient (Wildman–Crippen LogP) is 2.61. The van der Waals surface area contributed by atoms with Crippen LogP contribution >= 0.6 is 11.5 Å². The number of rotatable bonds is 2. The number of hydrogen-bond acceptors (Lipinski definition) is 4. The van der Waals surface area contributed by atoms with Gasteiger partial charge in [0.05, 0.1) is 23.2 Å². The fraction of sp³-hybridized carbons (Fsp3) is 0.353. The summed E-state index contributed by atoms with van der Waals surface area (Å²) in [7, 11) is 0. The first kappa shape index (κ1) is 13.6. The van der Waals surface area contributed by atoms with Crippen molar-refractivity contribution in [3.8, 4) is 0 Å². The van der Waals surface area contributed by atoms with Gasteiger partial charge in [-0.1, -0.05) is 25.1 Å². The van der Waals surface area contributed by atoms with Crippen LogP contribution in [0, 0.1) is 11.8 Å². The number of imide groups is 1. The topological polar surface area (TPSA) is 50.3 Å². The number of amides is 2. The van der Waals surface area contributed by atoms with E-state index < -0.39 is 0 Å². The molecule has 22 heavy (non-hydrogen) atoms. The summed E-state index contributed by atoms with van der Waals surface area (Å²) in [6, 6.07) is 9.24. The van der Waals surface area contributed by atoms with E-state index >= 15 is 0 Å². The lowest BCUT2D eigenvalue weighted by atomic mass is 9.80. The number of carbonyl (C=O) groups is 2. The SMILES string of the molecule is CCc1nsc2c1CC1C(=O)N(c3ccccc3)C(=O)C1C2. The number of carbonyl (C=O) groups excluding carboxylic acids is 2. The van der Waals surface area contributed by atoms with Crippen LogP contribution in [0.25, 0.3) is 0 Å². The zero-order chi connectivity index (χ0) is 15.3. The van der Waals surface area contributed by atoms with Gasteiger partial charge in [0.2, 0.25) is 11.8 Å². The van der Waals surface area contributed by atoms with Gasteiger partial charge in [-0.3, -0.25) is 14.5 Å². The molecule has 0 radical (unpaired) electrons. The van der Waals surface area contributed by atoms with Crippen LogP contribution in [0.3, 0.4) is 0 Å². The number of fused-ring (bicyclic) bond motifs is 2. The summed E-state index contributed by atoms with van der Waals surface area (Å²) in [4.78, 5) is 28.1. The second-order valence-electron chi connectivity index (χ2n) is 5.85. The molecule has 4 rings (SSSR count). The van der Waals surface area contributed by atoms with Gasteiger partial charge in [0.1, 0.15) is 0 Å². The fourth-order valence-electron chi connectivity index (χ4n) is 3.55. The first-order chi connectivity index (χ1) is 10.7. The molecule has 2 amide bonds. The lowest BCUT2D eigenvalue weighted by Gasteiger charge is -2.21. The molecule has 0 spiro atoms. The van der Waals surface area contributed by atoms with Gasteiger partial charge in [-0.2, -0.15) is 4.37 Å². The zero-order valence-electron chi connectivity index (χ0n) is 12.3. The monoisotopic (exact) mass is 312 g/mol. The van der Waals surface area contributed by atoms with E-state index in [0.29, 0.717) is 18.5 Å². The van der Waals surface area contributed by atoms with Crippen molar-refractivity contribution in [2.45, 2.75) is 26.2 Å². The number of aryl methyl sites for hydroxylation is 1. The number of anilines is 1. The van der Waals surface area contributed by atoms with E-state index in [1.807, 2.05) is 30.3 Å². The summed E-state index contributed by atoms with van der Waals surface area (Å²) in [5.41, 5.74) is 2.99. The summed E-state index contributed by atoms with van der Waals surface area (Å²) >= 11 is 1.49. The number of para-hydroxylation sites is 1. The molecular weight excluding hydrogens is 296 g/mol. The summed E-state index contributed by atoms with van der Waals surface area (Å²) in [6.07, 6.45) is 2.20. The van der Waals surface area contributed by atoms with Gasteiger partial charge in [0, 0.05) is 4.88 Å². The largest absolute Gasteiger partial charge is 0.274 e.